The Bertz CT molecular complexity index is 484. The Balaban J connectivity index is 2.05. The second kappa shape index (κ2) is 6.19. The van der Waals surface area contributed by atoms with Crippen LogP contribution in [0.5, 0.6) is 0 Å². The van der Waals surface area contributed by atoms with Crippen LogP contribution in [0.3, 0.4) is 0 Å². The van der Waals surface area contributed by atoms with Crippen LogP contribution in [-0.4, -0.2) is 34.7 Å². The van der Waals surface area contributed by atoms with Crippen LogP contribution in [0.4, 0.5) is 0 Å². The Morgan fingerprint density at radius 3 is 2.35 bits per heavy atom. The highest BCUT2D eigenvalue weighted by Gasteiger charge is 2.30. The number of thioether (sulfide) groups is 1. The Kier molecular flexibility index (Phi) is 4.76. The van der Waals surface area contributed by atoms with Gasteiger partial charge in [0.05, 0.1) is 5.60 Å². The molecule has 20 heavy (non-hydrogen) atoms. The molecule has 0 unspecified atom stereocenters. The van der Waals surface area contributed by atoms with E-state index in [-0.39, 0.29) is 5.91 Å². The molecule has 0 saturated carbocycles. The van der Waals surface area contributed by atoms with Gasteiger partial charge in [0.1, 0.15) is 0 Å². The zero-order valence-corrected chi connectivity index (χ0v) is 13.3. The van der Waals surface area contributed by atoms with Crippen LogP contribution >= 0.6 is 11.8 Å². The topological polar surface area (TPSA) is 49.3 Å². The highest BCUT2D eigenvalue weighted by Crippen LogP contribution is 2.26. The highest BCUT2D eigenvalue weighted by molar-refractivity contribution is 7.99. The molecule has 2 N–H and O–H groups in total. The van der Waals surface area contributed by atoms with Crippen LogP contribution in [0.25, 0.3) is 0 Å². The summed E-state index contributed by atoms with van der Waals surface area (Å²) in [6, 6.07) is 4.04. The Morgan fingerprint density at radius 1 is 1.25 bits per heavy atom. The summed E-state index contributed by atoms with van der Waals surface area (Å²) in [5.74, 6) is 1.86. The number of aliphatic hydroxyl groups is 1. The van der Waals surface area contributed by atoms with E-state index in [1.165, 1.54) is 5.56 Å². The molecule has 1 aliphatic rings. The summed E-state index contributed by atoms with van der Waals surface area (Å²) in [6.07, 6.45) is 1.51. The van der Waals surface area contributed by atoms with Crippen LogP contribution < -0.4 is 5.32 Å². The van der Waals surface area contributed by atoms with Crippen molar-refractivity contribution in [3.63, 3.8) is 0 Å². The van der Waals surface area contributed by atoms with Crippen LogP contribution in [0, 0.1) is 20.8 Å². The maximum absolute atomic E-state index is 12.4. The normalized spacial score (nSPS) is 17.8. The molecule has 0 aromatic heterocycles. The minimum atomic E-state index is -0.729. The summed E-state index contributed by atoms with van der Waals surface area (Å²) in [5, 5.41) is 13.3. The number of rotatable bonds is 3. The monoisotopic (exact) mass is 293 g/mol. The summed E-state index contributed by atoms with van der Waals surface area (Å²) in [5.41, 5.74) is 3.16. The average molecular weight is 293 g/mol. The molecule has 2 rings (SSSR count). The van der Waals surface area contributed by atoms with Gasteiger partial charge in [-0.1, -0.05) is 17.7 Å². The fourth-order valence-electron chi connectivity index (χ4n) is 2.80. The molecule has 0 aliphatic carbocycles. The van der Waals surface area contributed by atoms with Crippen molar-refractivity contribution in [2.45, 2.75) is 39.2 Å². The largest absolute Gasteiger partial charge is 0.388 e. The van der Waals surface area contributed by atoms with E-state index >= 15 is 0 Å². The average Bonchev–Trinajstić information content (AvgIpc) is 2.36. The third-order valence-corrected chi connectivity index (χ3v) is 4.89. The lowest BCUT2D eigenvalue weighted by Gasteiger charge is -2.32. The molecule has 0 spiro atoms. The Hall–Kier alpha value is -1.00. The number of nitrogens with one attached hydrogen (secondary N) is 1. The summed E-state index contributed by atoms with van der Waals surface area (Å²) in [4.78, 5) is 12.4. The lowest BCUT2D eigenvalue weighted by Crippen LogP contribution is -2.45. The van der Waals surface area contributed by atoms with Crippen molar-refractivity contribution in [1.82, 2.24) is 5.32 Å². The quantitative estimate of drug-likeness (QED) is 0.900. The van der Waals surface area contributed by atoms with Gasteiger partial charge in [0.25, 0.3) is 5.91 Å². The van der Waals surface area contributed by atoms with Crippen molar-refractivity contribution in [3.8, 4) is 0 Å². The predicted molar refractivity (Wildman–Crippen MR) is 84.5 cm³/mol. The van der Waals surface area contributed by atoms with E-state index in [9.17, 15) is 9.90 Å². The smallest absolute Gasteiger partial charge is 0.251 e. The molecular formula is C16H23NO2S. The summed E-state index contributed by atoms with van der Waals surface area (Å²) >= 11 is 1.86. The van der Waals surface area contributed by atoms with E-state index in [0.29, 0.717) is 6.54 Å². The SMILES string of the molecule is Cc1cc(C)c(C(=O)NCC2(O)CCSCC2)c(C)c1. The molecule has 1 aliphatic heterocycles. The van der Waals surface area contributed by atoms with Crippen LogP contribution in [0.15, 0.2) is 12.1 Å². The number of carbonyl (C=O) groups excluding carboxylic acids is 1. The van der Waals surface area contributed by atoms with Gasteiger partial charge in [0.2, 0.25) is 0 Å². The number of amides is 1. The number of aryl methyl sites for hydroxylation is 3. The lowest BCUT2D eigenvalue weighted by atomic mass is 9.95. The maximum Gasteiger partial charge on any atom is 0.251 e. The fraction of sp³-hybridized carbons (Fsp3) is 0.562. The van der Waals surface area contributed by atoms with Crippen LogP contribution in [0.2, 0.25) is 0 Å². The van der Waals surface area contributed by atoms with E-state index < -0.39 is 5.60 Å². The number of hydrogen-bond donors (Lipinski definition) is 2. The molecule has 1 amide bonds. The van der Waals surface area contributed by atoms with Crippen molar-refractivity contribution in [3.05, 3.63) is 34.4 Å². The number of benzene rings is 1. The van der Waals surface area contributed by atoms with E-state index in [4.69, 9.17) is 0 Å². The highest BCUT2D eigenvalue weighted by atomic mass is 32.2. The third kappa shape index (κ3) is 3.55. The van der Waals surface area contributed by atoms with Crippen molar-refractivity contribution < 1.29 is 9.90 Å². The molecular weight excluding hydrogens is 270 g/mol. The molecule has 110 valence electrons. The molecule has 0 bridgehead atoms. The van der Waals surface area contributed by atoms with Gasteiger partial charge in [-0.15, -0.1) is 0 Å². The second-order valence-electron chi connectivity index (χ2n) is 5.79. The minimum Gasteiger partial charge on any atom is -0.388 e. The Morgan fingerprint density at radius 2 is 1.80 bits per heavy atom. The first kappa shape index (κ1) is 15.4. The van der Waals surface area contributed by atoms with Crippen molar-refractivity contribution in [2.75, 3.05) is 18.1 Å². The molecule has 1 aromatic carbocycles. The first-order chi connectivity index (χ1) is 9.41. The molecule has 0 radical (unpaired) electrons. The number of hydrogen-bond acceptors (Lipinski definition) is 3. The summed E-state index contributed by atoms with van der Waals surface area (Å²) < 4.78 is 0. The van der Waals surface area contributed by atoms with Gasteiger partial charge in [-0.05, 0) is 56.2 Å². The molecule has 0 atom stereocenters. The number of carbonyl (C=O) groups is 1. The summed E-state index contributed by atoms with van der Waals surface area (Å²) in [6.45, 7) is 6.30. The van der Waals surface area contributed by atoms with Gasteiger partial charge >= 0.3 is 0 Å². The molecule has 1 heterocycles. The van der Waals surface area contributed by atoms with E-state index in [2.05, 4.69) is 5.32 Å². The lowest BCUT2D eigenvalue weighted by molar-refractivity contribution is 0.0311. The zero-order chi connectivity index (χ0) is 14.8. The van der Waals surface area contributed by atoms with Gasteiger partial charge < -0.3 is 10.4 Å². The minimum absolute atomic E-state index is 0.0772. The van der Waals surface area contributed by atoms with E-state index in [1.54, 1.807) is 0 Å². The van der Waals surface area contributed by atoms with Crippen molar-refractivity contribution >= 4 is 17.7 Å². The van der Waals surface area contributed by atoms with Crippen molar-refractivity contribution in [1.29, 1.82) is 0 Å². The fourth-order valence-corrected chi connectivity index (χ4v) is 4.05. The van der Waals surface area contributed by atoms with Gasteiger partial charge in [-0.25, -0.2) is 0 Å². The molecule has 1 aromatic rings. The molecule has 1 saturated heterocycles. The molecule has 3 nitrogen and oxygen atoms in total. The van der Waals surface area contributed by atoms with Gasteiger partial charge in [-0.2, -0.15) is 11.8 Å². The third-order valence-electron chi connectivity index (χ3n) is 3.91. The van der Waals surface area contributed by atoms with Crippen LogP contribution in [-0.2, 0) is 0 Å². The predicted octanol–water partition coefficient (Wildman–Crippen LogP) is 2.60. The van der Waals surface area contributed by atoms with Gasteiger partial charge in [0.15, 0.2) is 0 Å². The van der Waals surface area contributed by atoms with Crippen molar-refractivity contribution in [2.24, 2.45) is 0 Å². The van der Waals surface area contributed by atoms with E-state index in [0.717, 1.165) is 41.0 Å². The first-order valence-corrected chi connectivity index (χ1v) is 8.23. The second-order valence-corrected chi connectivity index (χ2v) is 7.02. The molecule has 4 heteroatoms. The first-order valence-electron chi connectivity index (χ1n) is 7.07. The molecule has 1 fully saturated rings. The maximum atomic E-state index is 12.4. The standard InChI is InChI=1S/C16H23NO2S/c1-11-8-12(2)14(13(3)9-11)15(18)17-10-16(19)4-6-20-7-5-16/h8-9,19H,4-7,10H2,1-3H3,(H,17,18). The van der Waals surface area contributed by atoms with Gasteiger partial charge in [-0.3, -0.25) is 4.79 Å². The zero-order valence-electron chi connectivity index (χ0n) is 12.5. The summed E-state index contributed by atoms with van der Waals surface area (Å²) in [7, 11) is 0. The van der Waals surface area contributed by atoms with Gasteiger partial charge in [0, 0.05) is 12.1 Å². The Labute approximate surface area is 125 Å². The van der Waals surface area contributed by atoms with E-state index in [1.807, 2.05) is 44.7 Å². The van der Waals surface area contributed by atoms with Crippen LogP contribution in [0.1, 0.15) is 39.9 Å².